The monoisotopic (exact) mass is 422 g/mol. The average molecular weight is 423 g/mol. The molecule has 4 nitrogen and oxygen atoms in total. The fraction of sp³-hybridized carbons (Fsp3) is 0.440. The molecule has 2 amide bonds. The third kappa shape index (κ3) is 3.74. The van der Waals surface area contributed by atoms with Crippen molar-refractivity contribution in [3.8, 4) is 0 Å². The molecule has 0 radical (unpaired) electrons. The minimum atomic E-state index is -0.533. The molecule has 2 aromatic carbocycles. The van der Waals surface area contributed by atoms with Crippen molar-refractivity contribution in [2.75, 3.05) is 5.32 Å². The number of nitrogens with one attached hydrogen (secondary N) is 2. The van der Waals surface area contributed by atoms with Crippen LogP contribution >= 0.6 is 11.6 Å². The topological polar surface area (TPSA) is 58.2 Å². The lowest BCUT2D eigenvalue weighted by Gasteiger charge is -2.58. The SMILES string of the molecule is O=C(N[C@H](C(=O)Nc1ccccc1)C12CC3CC(CC(C3)C1)C2)c1ccc(Cl)cc1. The number of hydrogen-bond donors (Lipinski definition) is 2. The van der Waals surface area contributed by atoms with Gasteiger partial charge < -0.3 is 10.6 Å². The van der Waals surface area contributed by atoms with Crippen LogP contribution in [0.4, 0.5) is 5.69 Å². The molecule has 4 aliphatic rings. The highest BCUT2D eigenvalue weighted by atomic mass is 35.5. The largest absolute Gasteiger partial charge is 0.340 e. The summed E-state index contributed by atoms with van der Waals surface area (Å²) in [6, 6.07) is 15.8. The van der Waals surface area contributed by atoms with E-state index in [0.717, 1.165) is 24.9 Å². The summed E-state index contributed by atoms with van der Waals surface area (Å²) in [4.78, 5) is 26.6. The van der Waals surface area contributed by atoms with Crippen LogP contribution < -0.4 is 10.6 Å². The number of carbonyl (C=O) groups is 2. The van der Waals surface area contributed by atoms with Crippen molar-refractivity contribution in [2.24, 2.45) is 23.2 Å². The number of carbonyl (C=O) groups excluding carboxylic acids is 2. The molecule has 2 N–H and O–H groups in total. The van der Waals surface area contributed by atoms with Crippen LogP contribution in [0.25, 0.3) is 0 Å². The normalized spacial score (nSPS) is 30.0. The van der Waals surface area contributed by atoms with Gasteiger partial charge in [-0.2, -0.15) is 0 Å². The second-order valence-corrected chi connectivity index (χ2v) is 9.99. The summed E-state index contributed by atoms with van der Waals surface area (Å²) in [6.07, 6.45) is 6.97. The molecule has 0 saturated heterocycles. The number of para-hydroxylation sites is 1. The van der Waals surface area contributed by atoms with Gasteiger partial charge in [-0.15, -0.1) is 0 Å². The number of rotatable bonds is 5. The molecule has 4 saturated carbocycles. The summed E-state index contributed by atoms with van der Waals surface area (Å²) < 4.78 is 0. The zero-order chi connectivity index (χ0) is 20.7. The second kappa shape index (κ2) is 7.73. The summed E-state index contributed by atoms with van der Waals surface area (Å²) >= 11 is 5.98. The van der Waals surface area contributed by atoms with E-state index in [0.29, 0.717) is 28.3 Å². The first-order valence-corrected chi connectivity index (χ1v) is 11.3. The summed E-state index contributed by atoms with van der Waals surface area (Å²) in [6.45, 7) is 0. The number of amides is 2. The molecule has 6 rings (SSSR count). The number of anilines is 1. The Morgan fingerprint density at radius 3 is 2.00 bits per heavy atom. The minimum absolute atomic E-state index is 0.106. The lowest BCUT2D eigenvalue weighted by molar-refractivity contribution is -0.129. The first kappa shape index (κ1) is 19.6. The molecule has 5 heteroatoms. The van der Waals surface area contributed by atoms with E-state index in [1.54, 1.807) is 24.3 Å². The van der Waals surface area contributed by atoms with Crippen molar-refractivity contribution in [3.05, 3.63) is 65.2 Å². The van der Waals surface area contributed by atoms with Crippen LogP contribution in [-0.2, 0) is 4.79 Å². The van der Waals surface area contributed by atoms with Crippen molar-refractivity contribution in [1.29, 1.82) is 0 Å². The Labute approximate surface area is 182 Å². The van der Waals surface area contributed by atoms with Gasteiger partial charge in [-0.1, -0.05) is 29.8 Å². The number of halogens is 1. The zero-order valence-corrected chi connectivity index (χ0v) is 17.7. The van der Waals surface area contributed by atoms with E-state index in [-0.39, 0.29) is 17.2 Å². The second-order valence-electron chi connectivity index (χ2n) is 9.55. The lowest BCUT2D eigenvalue weighted by Crippen LogP contribution is -2.61. The highest BCUT2D eigenvalue weighted by Gasteiger charge is 2.56. The van der Waals surface area contributed by atoms with Crippen LogP contribution in [-0.4, -0.2) is 17.9 Å². The Balaban J connectivity index is 1.44. The van der Waals surface area contributed by atoms with Gasteiger partial charge in [-0.3, -0.25) is 9.59 Å². The summed E-state index contributed by atoms with van der Waals surface area (Å²) in [5, 5.41) is 6.78. The van der Waals surface area contributed by atoms with Gasteiger partial charge in [0.2, 0.25) is 5.91 Å². The predicted octanol–water partition coefficient (Wildman–Crippen LogP) is 5.29. The van der Waals surface area contributed by atoms with Gasteiger partial charge in [0.25, 0.3) is 5.91 Å². The molecule has 30 heavy (non-hydrogen) atoms. The molecule has 0 heterocycles. The molecule has 4 bridgehead atoms. The van der Waals surface area contributed by atoms with Gasteiger partial charge in [0.15, 0.2) is 0 Å². The van der Waals surface area contributed by atoms with Gasteiger partial charge in [-0.25, -0.2) is 0 Å². The van der Waals surface area contributed by atoms with Crippen molar-refractivity contribution < 1.29 is 9.59 Å². The molecule has 1 atom stereocenters. The molecule has 4 aliphatic carbocycles. The maximum Gasteiger partial charge on any atom is 0.251 e. The first-order chi connectivity index (χ1) is 14.5. The minimum Gasteiger partial charge on any atom is -0.340 e. The van der Waals surface area contributed by atoms with Crippen molar-refractivity contribution in [2.45, 2.75) is 44.6 Å². The Bertz CT molecular complexity index is 906. The van der Waals surface area contributed by atoms with Crippen LogP contribution in [0.3, 0.4) is 0 Å². The summed E-state index contributed by atoms with van der Waals surface area (Å²) in [5.41, 5.74) is 1.15. The molecule has 4 fully saturated rings. The van der Waals surface area contributed by atoms with Crippen LogP contribution in [0.15, 0.2) is 54.6 Å². The quantitative estimate of drug-likeness (QED) is 0.687. The van der Waals surface area contributed by atoms with E-state index < -0.39 is 6.04 Å². The molecule has 2 aromatic rings. The molecule has 0 spiro atoms. The molecular formula is C25H27ClN2O2. The van der Waals surface area contributed by atoms with Crippen LogP contribution in [0, 0.1) is 23.2 Å². The van der Waals surface area contributed by atoms with Crippen molar-refractivity contribution in [1.82, 2.24) is 5.32 Å². The Hall–Kier alpha value is -2.33. The van der Waals surface area contributed by atoms with Crippen molar-refractivity contribution in [3.63, 3.8) is 0 Å². The fourth-order valence-electron chi connectivity index (χ4n) is 6.58. The summed E-state index contributed by atoms with van der Waals surface area (Å²) in [7, 11) is 0. The van der Waals surface area contributed by atoms with Gasteiger partial charge in [0.05, 0.1) is 0 Å². The highest BCUT2D eigenvalue weighted by Crippen LogP contribution is 2.61. The van der Waals surface area contributed by atoms with Gasteiger partial charge in [-0.05, 0) is 92.7 Å². The van der Waals surface area contributed by atoms with Gasteiger partial charge in [0.1, 0.15) is 6.04 Å². The molecule has 0 unspecified atom stereocenters. The van der Waals surface area contributed by atoms with E-state index in [1.165, 1.54) is 19.3 Å². The predicted molar refractivity (Wildman–Crippen MR) is 118 cm³/mol. The lowest BCUT2D eigenvalue weighted by atomic mass is 9.47. The van der Waals surface area contributed by atoms with E-state index in [4.69, 9.17) is 11.6 Å². The van der Waals surface area contributed by atoms with E-state index in [2.05, 4.69) is 10.6 Å². The van der Waals surface area contributed by atoms with E-state index in [9.17, 15) is 9.59 Å². The summed E-state index contributed by atoms with van der Waals surface area (Å²) in [5.74, 6) is 1.75. The van der Waals surface area contributed by atoms with Gasteiger partial charge in [0, 0.05) is 21.7 Å². The Morgan fingerprint density at radius 2 is 1.43 bits per heavy atom. The Morgan fingerprint density at radius 1 is 0.867 bits per heavy atom. The standard InChI is InChI=1S/C25H27ClN2O2/c26-20-8-6-19(7-9-20)23(29)28-22(24(30)27-21-4-2-1-3-5-21)25-13-16-10-17(14-25)12-18(11-16)15-25/h1-9,16-18,22H,10-15H2,(H,27,30)(H,28,29)/t16?,17?,18?,22-,25?/m1/s1. The van der Waals surface area contributed by atoms with Crippen LogP contribution in [0.5, 0.6) is 0 Å². The van der Waals surface area contributed by atoms with E-state index in [1.807, 2.05) is 30.3 Å². The van der Waals surface area contributed by atoms with Gasteiger partial charge >= 0.3 is 0 Å². The third-order valence-corrected chi connectivity index (χ3v) is 7.64. The maximum atomic E-state index is 13.5. The van der Waals surface area contributed by atoms with Crippen LogP contribution in [0.2, 0.25) is 5.02 Å². The zero-order valence-electron chi connectivity index (χ0n) is 16.9. The molecular weight excluding hydrogens is 396 g/mol. The van der Waals surface area contributed by atoms with E-state index >= 15 is 0 Å². The fourth-order valence-corrected chi connectivity index (χ4v) is 6.71. The Kier molecular flexibility index (Phi) is 5.06. The molecule has 0 aliphatic heterocycles. The van der Waals surface area contributed by atoms with Crippen molar-refractivity contribution >= 4 is 29.1 Å². The third-order valence-electron chi connectivity index (χ3n) is 7.38. The van der Waals surface area contributed by atoms with Crippen LogP contribution in [0.1, 0.15) is 48.9 Å². The molecule has 0 aromatic heterocycles. The average Bonchev–Trinajstić information content (AvgIpc) is 2.72. The number of benzene rings is 2. The number of hydrogen-bond acceptors (Lipinski definition) is 2. The smallest absolute Gasteiger partial charge is 0.251 e. The maximum absolute atomic E-state index is 13.5. The highest BCUT2D eigenvalue weighted by molar-refractivity contribution is 6.30. The molecule has 156 valence electrons. The first-order valence-electron chi connectivity index (χ1n) is 10.9.